The van der Waals surface area contributed by atoms with Crippen molar-refractivity contribution in [2.24, 2.45) is 0 Å². The van der Waals surface area contributed by atoms with Crippen molar-refractivity contribution in [1.29, 1.82) is 0 Å². The lowest BCUT2D eigenvalue weighted by Gasteiger charge is -1.95. The molecule has 0 amide bonds. The summed E-state index contributed by atoms with van der Waals surface area (Å²) in [6, 6.07) is 3.78. The van der Waals surface area contributed by atoms with Gasteiger partial charge in [0.05, 0.1) is 4.92 Å². The maximum atomic E-state index is 12.8. The first-order valence-electron chi connectivity index (χ1n) is 3.72. The van der Waals surface area contributed by atoms with Crippen molar-refractivity contribution >= 4 is 11.8 Å². The Morgan fingerprint density at radius 3 is 2.77 bits per heavy atom. The van der Waals surface area contributed by atoms with Gasteiger partial charge in [0.1, 0.15) is 0 Å². The van der Waals surface area contributed by atoms with Crippen molar-refractivity contribution in [2.75, 3.05) is 0 Å². The molecule has 0 aliphatic rings. The van der Waals surface area contributed by atoms with Crippen molar-refractivity contribution in [3.05, 3.63) is 45.8 Å². The number of hydrogen-bond acceptors (Lipinski definition) is 2. The van der Waals surface area contributed by atoms with Gasteiger partial charge in [0.15, 0.2) is 0 Å². The van der Waals surface area contributed by atoms with E-state index in [2.05, 4.69) is 0 Å². The molecule has 0 aliphatic heterocycles. The average molecular weight is 181 g/mol. The Kier molecular flexibility index (Phi) is 2.74. The second kappa shape index (κ2) is 3.80. The molecule has 0 unspecified atom stereocenters. The molecule has 1 aromatic carbocycles. The molecule has 3 nitrogen and oxygen atoms in total. The van der Waals surface area contributed by atoms with Crippen molar-refractivity contribution in [3.63, 3.8) is 0 Å². The molecule has 1 aromatic rings. The summed E-state index contributed by atoms with van der Waals surface area (Å²) in [5.74, 6) is -0.807. The Morgan fingerprint density at radius 1 is 1.54 bits per heavy atom. The zero-order valence-corrected chi connectivity index (χ0v) is 7.03. The lowest BCUT2D eigenvalue weighted by atomic mass is 10.2. The van der Waals surface area contributed by atoms with Gasteiger partial charge in [-0.15, -0.1) is 0 Å². The minimum atomic E-state index is -0.807. The fraction of sp³-hybridized carbons (Fsp3) is 0.111. The number of nitro groups is 1. The molecule has 0 atom stereocenters. The number of allylic oxidation sites excluding steroid dienone is 1. The maximum Gasteiger partial charge on any atom is 0.305 e. The van der Waals surface area contributed by atoms with Gasteiger partial charge in [-0.2, -0.15) is 4.39 Å². The molecule has 0 aliphatic carbocycles. The molecule has 0 radical (unpaired) electrons. The van der Waals surface area contributed by atoms with Crippen LogP contribution in [0.1, 0.15) is 12.5 Å². The van der Waals surface area contributed by atoms with Crippen LogP contribution in [0.5, 0.6) is 0 Å². The molecular weight excluding hydrogens is 173 g/mol. The zero-order valence-electron chi connectivity index (χ0n) is 7.03. The number of hydrogen-bond donors (Lipinski definition) is 0. The normalized spacial score (nSPS) is 10.6. The first-order valence-corrected chi connectivity index (χ1v) is 3.72. The molecular formula is C9H8FNO2. The molecule has 0 N–H and O–H groups in total. The number of benzene rings is 1. The summed E-state index contributed by atoms with van der Waals surface area (Å²) < 4.78 is 12.8. The highest BCUT2D eigenvalue weighted by atomic mass is 19.1. The van der Waals surface area contributed by atoms with Crippen LogP contribution in [0.4, 0.5) is 10.1 Å². The first kappa shape index (κ1) is 9.38. The van der Waals surface area contributed by atoms with Crippen LogP contribution >= 0.6 is 0 Å². The van der Waals surface area contributed by atoms with Crippen LogP contribution in [0.25, 0.3) is 6.08 Å². The van der Waals surface area contributed by atoms with E-state index in [4.69, 9.17) is 0 Å². The molecule has 13 heavy (non-hydrogen) atoms. The monoisotopic (exact) mass is 181 g/mol. The van der Waals surface area contributed by atoms with Gasteiger partial charge in [0, 0.05) is 6.07 Å². The quantitative estimate of drug-likeness (QED) is 0.520. The lowest BCUT2D eigenvalue weighted by molar-refractivity contribution is -0.387. The van der Waals surface area contributed by atoms with Gasteiger partial charge < -0.3 is 0 Å². The van der Waals surface area contributed by atoms with E-state index in [1.54, 1.807) is 19.1 Å². The van der Waals surface area contributed by atoms with E-state index in [0.717, 1.165) is 6.07 Å². The molecule has 0 bridgehead atoms. The van der Waals surface area contributed by atoms with E-state index in [-0.39, 0.29) is 0 Å². The summed E-state index contributed by atoms with van der Waals surface area (Å²) in [5, 5.41) is 10.3. The molecule has 0 aromatic heterocycles. The van der Waals surface area contributed by atoms with Gasteiger partial charge >= 0.3 is 5.69 Å². The van der Waals surface area contributed by atoms with Crippen LogP contribution in [0.3, 0.4) is 0 Å². The Hall–Kier alpha value is -1.71. The Labute approximate surface area is 74.7 Å². The Bertz CT molecular complexity index is 361. The van der Waals surface area contributed by atoms with Crippen molar-refractivity contribution in [3.8, 4) is 0 Å². The zero-order chi connectivity index (χ0) is 9.84. The Balaban J connectivity index is 3.18. The summed E-state index contributed by atoms with van der Waals surface area (Å²) in [4.78, 5) is 9.59. The molecule has 0 fully saturated rings. The standard InChI is InChI=1S/C9H8FNO2/c1-2-3-7-4-5-8(10)9(6-7)11(12)13/h2-6H,1H3/b3-2+. The van der Waals surface area contributed by atoms with Crippen LogP contribution in [-0.4, -0.2) is 4.92 Å². The predicted molar refractivity (Wildman–Crippen MR) is 47.8 cm³/mol. The van der Waals surface area contributed by atoms with Crippen LogP contribution in [0.2, 0.25) is 0 Å². The second-order valence-electron chi connectivity index (χ2n) is 2.47. The van der Waals surface area contributed by atoms with Crippen molar-refractivity contribution < 1.29 is 9.31 Å². The van der Waals surface area contributed by atoms with Crippen LogP contribution in [-0.2, 0) is 0 Å². The van der Waals surface area contributed by atoms with Gasteiger partial charge in [-0.3, -0.25) is 10.1 Å². The number of rotatable bonds is 2. The molecule has 0 spiro atoms. The maximum absolute atomic E-state index is 12.8. The summed E-state index contributed by atoms with van der Waals surface area (Å²) in [7, 11) is 0. The third kappa shape index (κ3) is 2.11. The number of halogens is 1. The van der Waals surface area contributed by atoms with Gasteiger partial charge in [-0.25, -0.2) is 0 Å². The number of nitro benzene ring substituents is 1. The fourth-order valence-corrected chi connectivity index (χ4v) is 0.966. The minimum absolute atomic E-state index is 0.490. The van der Waals surface area contributed by atoms with E-state index < -0.39 is 16.4 Å². The summed E-state index contributed by atoms with van der Waals surface area (Å²) in [5.41, 5.74) is 0.131. The Morgan fingerprint density at radius 2 is 2.23 bits per heavy atom. The highest BCUT2D eigenvalue weighted by Crippen LogP contribution is 2.18. The van der Waals surface area contributed by atoms with Crippen LogP contribution < -0.4 is 0 Å². The van der Waals surface area contributed by atoms with Crippen LogP contribution in [0, 0.1) is 15.9 Å². The molecule has 0 heterocycles. The predicted octanol–water partition coefficient (Wildman–Crippen LogP) is 2.77. The molecule has 4 heteroatoms. The van der Waals surface area contributed by atoms with Crippen LogP contribution in [0.15, 0.2) is 24.3 Å². The van der Waals surface area contributed by atoms with E-state index in [1.165, 1.54) is 12.1 Å². The topological polar surface area (TPSA) is 43.1 Å². The second-order valence-corrected chi connectivity index (χ2v) is 2.47. The van der Waals surface area contributed by atoms with Gasteiger partial charge in [-0.05, 0) is 18.6 Å². The van der Waals surface area contributed by atoms with Gasteiger partial charge in [-0.1, -0.05) is 18.2 Å². The van der Waals surface area contributed by atoms with E-state index in [9.17, 15) is 14.5 Å². The molecule has 0 saturated carbocycles. The SMILES string of the molecule is C/C=C/c1ccc(F)c([N+](=O)[O-])c1. The fourth-order valence-electron chi connectivity index (χ4n) is 0.966. The first-order chi connectivity index (χ1) is 6.15. The van der Waals surface area contributed by atoms with Crippen molar-refractivity contribution in [1.82, 2.24) is 0 Å². The summed E-state index contributed by atoms with van der Waals surface area (Å²) in [6.45, 7) is 1.79. The van der Waals surface area contributed by atoms with E-state index in [1.807, 2.05) is 0 Å². The average Bonchev–Trinajstić information content (AvgIpc) is 2.08. The lowest BCUT2D eigenvalue weighted by Crippen LogP contribution is -1.92. The smallest absolute Gasteiger partial charge is 0.258 e. The minimum Gasteiger partial charge on any atom is -0.258 e. The highest BCUT2D eigenvalue weighted by molar-refractivity contribution is 5.53. The van der Waals surface area contributed by atoms with Gasteiger partial charge in [0.2, 0.25) is 5.82 Å². The van der Waals surface area contributed by atoms with Crippen molar-refractivity contribution in [2.45, 2.75) is 6.92 Å². The highest BCUT2D eigenvalue weighted by Gasteiger charge is 2.12. The summed E-state index contributed by atoms with van der Waals surface area (Å²) in [6.07, 6.45) is 3.41. The van der Waals surface area contributed by atoms with Gasteiger partial charge in [0.25, 0.3) is 0 Å². The molecule has 1 rings (SSSR count). The van der Waals surface area contributed by atoms with E-state index >= 15 is 0 Å². The molecule has 0 saturated heterocycles. The third-order valence-corrected chi connectivity index (χ3v) is 1.53. The van der Waals surface area contributed by atoms with E-state index in [0.29, 0.717) is 5.56 Å². The number of nitrogens with zero attached hydrogens (tertiary/aromatic N) is 1. The summed E-state index contributed by atoms with van der Waals surface area (Å²) >= 11 is 0. The molecule has 68 valence electrons. The third-order valence-electron chi connectivity index (χ3n) is 1.53. The largest absolute Gasteiger partial charge is 0.305 e.